The number of imide groups is 1. The summed E-state index contributed by atoms with van der Waals surface area (Å²) in [5.74, 6) is -19.2. The van der Waals surface area contributed by atoms with Crippen molar-refractivity contribution in [1.82, 2.24) is 9.80 Å². The fraction of sp³-hybridized carbons (Fsp3) is 0.842. The number of halogens is 7. The van der Waals surface area contributed by atoms with E-state index >= 15 is 0 Å². The Morgan fingerprint density at radius 1 is 0.969 bits per heavy atom. The third-order valence-corrected chi connectivity index (χ3v) is 5.48. The summed E-state index contributed by atoms with van der Waals surface area (Å²) in [6.07, 6.45) is -5.79. The van der Waals surface area contributed by atoms with E-state index in [1.807, 2.05) is 0 Å². The van der Waals surface area contributed by atoms with Crippen LogP contribution in [-0.4, -0.2) is 70.2 Å². The number of likely N-dealkylation sites (tertiary alicyclic amines) is 1. The Hall–Kier alpha value is -1.92. The maximum atomic E-state index is 14.3. The molecule has 186 valence electrons. The molecule has 0 aromatic carbocycles. The molecule has 3 amide bonds. The van der Waals surface area contributed by atoms with Crippen molar-refractivity contribution in [3.63, 3.8) is 0 Å². The number of hydrogen-bond donors (Lipinski definition) is 1. The topological polar surface area (TPSA) is 83.7 Å². The first-order valence-corrected chi connectivity index (χ1v) is 10.1. The van der Waals surface area contributed by atoms with Gasteiger partial charge in [0.15, 0.2) is 0 Å². The van der Waals surface area contributed by atoms with Crippen LogP contribution < -0.4 is 5.73 Å². The number of amides is 3. The van der Waals surface area contributed by atoms with Crippen LogP contribution in [0.15, 0.2) is 0 Å². The first kappa shape index (κ1) is 28.1. The molecule has 0 spiro atoms. The molecule has 0 aromatic rings. The maximum Gasteiger partial charge on any atom is 0.460 e. The van der Waals surface area contributed by atoms with Crippen LogP contribution in [0.25, 0.3) is 0 Å². The van der Waals surface area contributed by atoms with Crippen molar-refractivity contribution < 1.29 is 45.1 Å². The molecule has 1 heterocycles. The average molecular weight is 479 g/mol. The predicted octanol–water partition coefficient (Wildman–Crippen LogP) is 3.83. The fourth-order valence-corrected chi connectivity index (χ4v) is 3.39. The molecule has 1 fully saturated rings. The molecule has 1 unspecified atom stereocenters. The zero-order valence-corrected chi connectivity index (χ0v) is 18.4. The van der Waals surface area contributed by atoms with Gasteiger partial charge in [-0.25, -0.2) is 4.79 Å². The molecule has 0 aliphatic carbocycles. The van der Waals surface area contributed by atoms with Gasteiger partial charge in [-0.3, -0.25) is 14.5 Å². The second-order valence-electron chi connectivity index (χ2n) is 8.64. The highest BCUT2D eigenvalue weighted by atomic mass is 19.4. The number of carbonyl (C=O) groups is 3. The van der Waals surface area contributed by atoms with E-state index in [-0.39, 0.29) is 11.4 Å². The van der Waals surface area contributed by atoms with Gasteiger partial charge in [-0.05, 0) is 31.6 Å². The zero-order valence-electron chi connectivity index (χ0n) is 18.4. The first-order valence-electron chi connectivity index (χ1n) is 10.1. The molecular formula is C19H28F7N3O3. The SMILES string of the molecule is CC(C)C(C(=O)C(F)(F)C(F)(F)C(F)(F)F)N(C(=O)[C@@H](N)C(C)C)C(=O)N1CCC[C@H]1C. The number of alkyl halides is 7. The third-order valence-electron chi connectivity index (χ3n) is 5.48. The summed E-state index contributed by atoms with van der Waals surface area (Å²) in [5.41, 5.74) is 5.75. The second kappa shape index (κ2) is 9.52. The normalized spacial score (nSPS) is 20.0. The molecule has 1 aliphatic rings. The lowest BCUT2D eigenvalue weighted by molar-refractivity contribution is -0.344. The summed E-state index contributed by atoms with van der Waals surface area (Å²) >= 11 is 0. The Morgan fingerprint density at radius 3 is 1.81 bits per heavy atom. The molecule has 0 aromatic heterocycles. The quantitative estimate of drug-likeness (QED) is 0.563. The van der Waals surface area contributed by atoms with Crippen LogP contribution in [0, 0.1) is 11.8 Å². The van der Waals surface area contributed by atoms with Crippen molar-refractivity contribution >= 4 is 17.7 Å². The Bertz CT molecular complexity index is 725. The standard InChI is InChI=1S/C19H28F7N3O3/c1-9(2)12(27)15(31)29(16(32)28-8-6-7-11(28)5)13(10(3)4)14(30)17(20,21)18(22,23)19(24,25)26/h9-13H,6-8,27H2,1-5H3/t11-,12+,13?/m1/s1. The van der Waals surface area contributed by atoms with E-state index < -0.39 is 65.7 Å². The Labute approximate surface area is 181 Å². The number of nitrogens with two attached hydrogens (primary N) is 1. The van der Waals surface area contributed by atoms with Gasteiger partial charge in [0, 0.05) is 12.6 Å². The van der Waals surface area contributed by atoms with Gasteiger partial charge < -0.3 is 10.6 Å². The number of carbonyl (C=O) groups excluding carboxylic acids is 3. The number of ketones is 1. The van der Waals surface area contributed by atoms with Gasteiger partial charge in [-0.2, -0.15) is 30.7 Å². The minimum Gasteiger partial charge on any atom is -0.322 e. The predicted molar refractivity (Wildman–Crippen MR) is 100 cm³/mol. The summed E-state index contributed by atoms with van der Waals surface area (Å²) in [6.45, 7) is 6.65. The average Bonchev–Trinajstić information content (AvgIpc) is 3.08. The number of hydrogen-bond acceptors (Lipinski definition) is 4. The van der Waals surface area contributed by atoms with Crippen LogP contribution in [0.2, 0.25) is 0 Å². The van der Waals surface area contributed by atoms with Crippen molar-refractivity contribution in [3.8, 4) is 0 Å². The molecule has 1 saturated heterocycles. The van der Waals surface area contributed by atoms with E-state index in [2.05, 4.69) is 0 Å². The van der Waals surface area contributed by atoms with Gasteiger partial charge in [0.1, 0.15) is 6.04 Å². The summed E-state index contributed by atoms with van der Waals surface area (Å²) in [4.78, 5) is 39.7. The molecular weight excluding hydrogens is 451 g/mol. The van der Waals surface area contributed by atoms with Crippen molar-refractivity contribution in [1.29, 1.82) is 0 Å². The largest absolute Gasteiger partial charge is 0.460 e. The van der Waals surface area contributed by atoms with Crippen LogP contribution >= 0.6 is 0 Å². The van der Waals surface area contributed by atoms with Crippen LogP contribution in [0.5, 0.6) is 0 Å². The molecule has 32 heavy (non-hydrogen) atoms. The summed E-state index contributed by atoms with van der Waals surface area (Å²) in [7, 11) is 0. The molecule has 3 atom stereocenters. The van der Waals surface area contributed by atoms with E-state index in [1.165, 1.54) is 13.8 Å². The molecule has 13 heteroatoms. The lowest BCUT2D eigenvalue weighted by Crippen LogP contribution is -2.66. The Balaban J connectivity index is 3.62. The van der Waals surface area contributed by atoms with Crippen molar-refractivity contribution in [2.24, 2.45) is 17.6 Å². The van der Waals surface area contributed by atoms with Crippen molar-refractivity contribution in [3.05, 3.63) is 0 Å². The molecule has 6 nitrogen and oxygen atoms in total. The molecule has 2 N–H and O–H groups in total. The highest BCUT2D eigenvalue weighted by molar-refractivity contribution is 6.04. The molecule has 0 saturated carbocycles. The smallest absolute Gasteiger partial charge is 0.322 e. The number of urea groups is 1. The van der Waals surface area contributed by atoms with Crippen molar-refractivity contribution in [2.45, 2.75) is 83.6 Å². The van der Waals surface area contributed by atoms with Gasteiger partial charge in [-0.15, -0.1) is 0 Å². The van der Waals surface area contributed by atoms with Gasteiger partial charge in [0.25, 0.3) is 0 Å². The van der Waals surface area contributed by atoms with Crippen LogP contribution in [0.4, 0.5) is 35.5 Å². The fourth-order valence-electron chi connectivity index (χ4n) is 3.39. The second-order valence-corrected chi connectivity index (χ2v) is 8.64. The Kier molecular flexibility index (Phi) is 8.36. The first-order chi connectivity index (χ1) is 14.3. The minimum atomic E-state index is -6.75. The van der Waals surface area contributed by atoms with E-state index in [1.54, 1.807) is 6.92 Å². The van der Waals surface area contributed by atoms with E-state index in [4.69, 9.17) is 5.73 Å². The molecule has 1 aliphatic heterocycles. The van der Waals surface area contributed by atoms with Gasteiger partial charge in [0.2, 0.25) is 11.7 Å². The summed E-state index contributed by atoms with van der Waals surface area (Å²) < 4.78 is 93.7. The maximum absolute atomic E-state index is 14.3. The highest BCUT2D eigenvalue weighted by Crippen LogP contribution is 2.48. The highest BCUT2D eigenvalue weighted by Gasteiger charge is 2.77. The van der Waals surface area contributed by atoms with Crippen LogP contribution in [0.3, 0.4) is 0 Å². The third kappa shape index (κ3) is 5.01. The van der Waals surface area contributed by atoms with Crippen LogP contribution in [-0.2, 0) is 9.59 Å². The van der Waals surface area contributed by atoms with Gasteiger partial charge in [-0.1, -0.05) is 27.7 Å². The molecule has 1 rings (SSSR count). The van der Waals surface area contributed by atoms with E-state index in [9.17, 15) is 45.1 Å². The molecule has 0 radical (unpaired) electrons. The minimum absolute atomic E-state index is 0.0415. The monoisotopic (exact) mass is 479 g/mol. The van der Waals surface area contributed by atoms with E-state index in [0.29, 0.717) is 12.8 Å². The number of Topliss-reactive ketones (excluding diaryl/α,β-unsaturated/α-hetero) is 1. The van der Waals surface area contributed by atoms with E-state index in [0.717, 1.165) is 18.7 Å². The zero-order chi connectivity index (χ0) is 25.4. The van der Waals surface area contributed by atoms with Crippen molar-refractivity contribution in [2.75, 3.05) is 6.54 Å². The number of nitrogens with zero attached hydrogens (tertiary/aromatic N) is 2. The lowest BCUT2D eigenvalue weighted by atomic mass is 9.90. The van der Waals surface area contributed by atoms with Crippen LogP contribution in [0.1, 0.15) is 47.5 Å². The van der Waals surface area contributed by atoms with Gasteiger partial charge >= 0.3 is 24.1 Å². The lowest BCUT2D eigenvalue weighted by Gasteiger charge is -2.39. The van der Waals surface area contributed by atoms with Gasteiger partial charge in [0.05, 0.1) is 6.04 Å². The molecule has 0 bridgehead atoms. The summed E-state index contributed by atoms with van der Waals surface area (Å²) in [5, 5.41) is 0. The number of rotatable bonds is 7. The Morgan fingerprint density at radius 2 is 1.47 bits per heavy atom. The summed E-state index contributed by atoms with van der Waals surface area (Å²) in [6, 6.07) is -5.82.